The van der Waals surface area contributed by atoms with Crippen molar-refractivity contribution < 1.29 is 14.3 Å². The molecule has 4 rings (SSSR count). The summed E-state index contributed by atoms with van der Waals surface area (Å²) in [7, 11) is 3.29. The Kier molecular flexibility index (Phi) is 4.07. The molecule has 0 atom stereocenters. The first kappa shape index (κ1) is 16.5. The highest BCUT2D eigenvalue weighted by Gasteiger charge is 2.52. The Morgan fingerprint density at radius 2 is 1.96 bits per heavy atom. The molecule has 1 saturated carbocycles. The number of methoxy groups -OCH3 is 2. The van der Waals surface area contributed by atoms with Gasteiger partial charge in [-0.3, -0.25) is 4.79 Å². The topological polar surface area (TPSA) is 63.4 Å². The molecule has 0 aliphatic heterocycles. The van der Waals surface area contributed by atoms with E-state index in [9.17, 15) is 4.79 Å². The van der Waals surface area contributed by atoms with Gasteiger partial charge >= 0.3 is 0 Å². The molecule has 1 aliphatic carbocycles. The normalized spacial score (nSPS) is 14.8. The molecule has 2 N–H and O–H groups in total. The van der Waals surface area contributed by atoms with Crippen LogP contribution in [0.25, 0.3) is 10.9 Å². The maximum atomic E-state index is 13.0. The lowest BCUT2D eigenvalue weighted by atomic mass is 9.94. The largest absolute Gasteiger partial charge is 0.497 e. The number of aromatic nitrogens is 1. The molecule has 1 aliphatic rings. The van der Waals surface area contributed by atoms with Crippen molar-refractivity contribution in [2.75, 3.05) is 14.2 Å². The highest BCUT2D eigenvalue weighted by Crippen LogP contribution is 2.51. The molecule has 1 amide bonds. The molecular formula is C21H22N2O3. The number of nitrogens with one attached hydrogen (secondary N) is 2. The average molecular weight is 350 g/mol. The number of benzene rings is 2. The molecule has 1 heterocycles. The Hall–Kier alpha value is -2.95. The maximum Gasteiger partial charge on any atom is 0.231 e. The highest BCUT2D eigenvalue weighted by atomic mass is 16.5. The lowest BCUT2D eigenvalue weighted by Gasteiger charge is -2.16. The van der Waals surface area contributed by atoms with E-state index in [1.54, 1.807) is 14.2 Å². The second-order valence-electron chi connectivity index (χ2n) is 6.69. The van der Waals surface area contributed by atoms with Gasteiger partial charge in [0.1, 0.15) is 11.5 Å². The van der Waals surface area contributed by atoms with Gasteiger partial charge < -0.3 is 19.8 Å². The van der Waals surface area contributed by atoms with Gasteiger partial charge in [-0.05, 0) is 42.7 Å². The smallest absolute Gasteiger partial charge is 0.231 e. The van der Waals surface area contributed by atoms with E-state index in [2.05, 4.69) is 10.3 Å². The molecule has 5 heteroatoms. The van der Waals surface area contributed by atoms with Crippen LogP contribution in [0.5, 0.6) is 11.5 Å². The fourth-order valence-corrected chi connectivity index (χ4v) is 3.56. The van der Waals surface area contributed by atoms with Crippen molar-refractivity contribution in [2.45, 2.75) is 24.8 Å². The third-order valence-electron chi connectivity index (χ3n) is 5.22. The number of hydrogen-bond donors (Lipinski definition) is 2. The van der Waals surface area contributed by atoms with Crippen molar-refractivity contribution in [3.8, 4) is 11.5 Å². The summed E-state index contributed by atoms with van der Waals surface area (Å²) in [5.74, 6) is 1.64. The van der Waals surface area contributed by atoms with Crippen LogP contribution in [0.4, 0.5) is 0 Å². The number of aromatic amines is 1. The zero-order valence-corrected chi connectivity index (χ0v) is 15.0. The van der Waals surface area contributed by atoms with Crippen molar-refractivity contribution in [1.82, 2.24) is 10.3 Å². The van der Waals surface area contributed by atoms with Crippen molar-refractivity contribution >= 4 is 16.8 Å². The number of carbonyl (C=O) groups is 1. The quantitative estimate of drug-likeness (QED) is 0.715. The van der Waals surface area contributed by atoms with Crippen LogP contribution in [-0.4, -0.2) is 25.1 Å². The summed E-state index contributed by atoms with van der Waals surface area (Å²) in [4.78, 5) is 16.3. The number of fused-ring (bicyclic) bond motifs is 1. The monoisotopic (exact) mass is 350 g/mol. The Balaban J connectivity index is 1.58. The van der Waals surface area contributed by atoms with E-state index >= 15 is 0 Å². The predicted molar refractivity (Wildman–Crippen MR) is 101 cm³/mol. The zero-order chi connectivity index (χ0) is 18.1. The predicted octanol–water partition coefficient (Wildman–Crippen LogP) is 3.53. The van der Waals surface area contributed by atoms with Crippen LogP contribution in [0.3, 0.4) is 0 Å². The average Bonchev–Trinajstić information content (AvgIpc) is 3.39. The third kappa shape index (κ3) is 2.69. The molecule has 0 bridgehead atoms. The van der Waals surface area contributed by atoms with Gasteiger partial charge in [0, 0.05) is 29.2 Å². The number of ether oxygens (including phenoxy) is 2. The summed E-state index contributed by atoms with van der Waals surface area (Å²) >= 11 is 0. The van der Waals surface area contributed by atoms with Gasteiger partial charge in [0.05, 0.1) is 19.6 Å². The highest BCUT2D eigenvalue weighted by molar-refractivity contribution is 5.98. The van der Waals surface area contributed by atoms with Gasteiger partial charge in [0.15, 0.2) is 0 Å². The summed E-state index contributed by atoms with van der Waals surface area (Å²) in [5.41, 5.74) is 2.58. The first-order valence-corrected chi connectivity index (χ1v) is 8.74. The summed E-state index contributed by atoms with van der Waals surface area (Å²) in [5, 5.41) is 4.14. The van der Waals surface area contributed by atoms with Crippen LogP contribution in [0.2, 0.25) is 0 Å². The van der Waals surface area contributed by atoms with Crippen molar-refractivity contribution in [3.63, 3.8) is 0 Å². The molecule has 0 unspecified atom stereocenters. The van der Waals surface area contributed by atoms with Gasteiger partial charge in [-0.25, -0.2) is 0 Å². The van der Waals surface area contributed by atoms with E-state index in [-0.39, 0.29) is 5.91 Å². The van der Waals surface area contributed by atoms with E-state index in [1.165, 1.54) is 0 Å². The third-order valence-corrected chi connectivity index (χ3v) is 5.22. The van der Waals surface area contributed by atoms with Crippen LogP contribution in [-0.2, 0) is 16.8 Å². The van der Waals surface area contributed by atoms with Crippen molar-refractivity contribution in [1.29, 1.82) is 0 Å². The van der Waals surface area contributed by atoms with Gasteiger partial charge in [0.2, 0.25) is 5.91 Å². The number of rotatable bonds is 6. The maximum absolute atomic E-state index is 13.0. The minimum absolute atomic E-state index is 0.0622. The zero-order valence-electron chi connectivity index (χ0n) is 15.0. The molecule has 5 nitrogen and oxygen atoms in total. The Bertz CT molecular complexity index is 957. The van der Waals surface area contributed by atoms with Crippen molar-refractivity contribution in [2.24, 2.45) is 0 Å². The molecule has 0 saturated heterocycles. The van der Waals surface area contributed by atoms with Gasteiger partial charge in [-0.1, -0.05) is 18.2 Å². The Morgan fingerprint density at radius 1 is 1.15 bits per heavy atom. The first-order valence-electron chi connectivity index (χ1n) is 8.74. The summed E-state index contributed by atoms with van der Waals surface area (Å²) < 4.78 is 10.7. The molecule has 1 aromatic heterocycles. The molecule has 134 valence electrons. The van der Waals surface area contributed by atoms with E-state index in [4.69, 9.17) is 9.47 Å². The Morgan fingerprint density at radius 3 is 2.69 bits per heavy atom. The Labute approximate surface area is 152 Å². The molecule has 1 fully saturated rings. The van der Waals surface area contributed by atoms with E-state index < -0.39 is 5.41 Å². The SMILES string of the molecule is COc1ccc2[nH]cc(C3(C(=O)NCc4ccccc4OC)CC3)c2c1. The second kappa shape index (κ2) is 6.41. The van der Waals surface area contributed by atoms with Crippen LogP contribution in [0.15, 0.2) is 48.7 Å². The first-order chi connectivity index (χ1) is 12.7. The number of amides is 1. The van der Waals surface area contributed by atoms with Crippen LogP contribution < -0.4 is 14.8 Å². The van der Waals surface area contributed by atoms with Crippen LogP contribution in [0, 0.1) is 0 Å². The van der Waals surface area contributed by atoms with Gasteiger partial charge in [-0.15, -0.1) is 0 Å². The standard InChI is InChI=1S/C21H22N2O3/c1-25-15-7-8-18-16(11-15)17(13-22-18)21(9-10-21)20(24)23-12-14-5-3-4-6-19(14)26-2/h3-8,11,13,22H,9-10,12H2,1-2H3,(H,23,24). The molecule has 0 spiro atoms. The molecule has 2 aromatic carbocycles. The fraction of sp³-hybridized carbons (Fsp3) is 0.286. The van der Waals surface area contributed by atoms with E-state index in [0.717, 1.165) is 46.4 Å². The summed E-state index contributed by atoms with van der Waals surface area (Å²) in [6.45, 7) is 0.455. The van der Waals surface area contributed by atoms with Gasteiger partial charge in [0.25, 0.3) is 0 Å². The van der Waals surface area contributed by atoms with E-state index in [0.29, 0.717) is 6.54 Å². The lowest BCUT2D eigenvalue weighted by Crippen LogP contribution is -2.34. The minimum Gasteiger partial charge on any atom is -0.497 e. The van der Waals surface area contributed by atoms with Crippen LogP contribution >= 0.6 is 0 Å². The molecule has 26 heavy (non-hydrogen) atoms. The molecule has 0 radical (unpaired) electrons. The second-order valence-corrected chi connectivity index (χ2v) is 6.69. The number of para-hydroxylation sites is 1. The number of H-pyrrole nitrogens is 1. The summed E-state index contributed by atoms with van der Waals surface area (Å²) in [6.07, 6.45) is 3.67. The number of hydrogen-bond acceptors (Lipinski definition) is 3. The molecule has 3 aromatic rings. The van der Waals surface area contributed by atoms with Gasteiger partial charge in [-0.2, -0.15) is 0 Å². The van der Waals surface area contributed by atoms with E-state index in [1.807, 2.05) is 48.7 Å². The van der Waals surface area contributed by atoms with Crippen molar-refractivity contribution in [3.05, 3.63) is 59.8 Å². The summed E-state index contributed by atoms with van der Waals surface area (Å²) in [6, 6.07) is 13.6. The molecular weight excluding hydrogens is 328 g/mol. The lowest BCUT2D eigenvalue weighted by molar-refractivity contribution is -0.123. The fourth-order valence-electron chi connectivity index (χ4n) is 3.56. The minimum atomic E-state index is -0.452. The van der Waals surface area contributed by atoms with Crippen LogP contribution in [0.1, 0.15) is 24.0 Å². The number of carbonyl (C=O) groups excluding carboxylic acids is 1.